The van der Waals surface area contributed by atoms with Gasteiger partial charge in [-0.25, -0.2) is 0 Å². The van der Waals surface area contributed by atoms with Gasteiger partial charge in [0.1, 0.15) is 12.4 Å². The van der Waals surface area contributed by atoms with Gasteiger partial charge < -0.3 is 14.0 Å². The van der Waals surface area contributed by atoms with Crippen molar-refractivity contribution in [2.24, 2.45) is 0 Å². The largest absolute Gasteiger partial charge is 0.487 e. The fraction of sp³-hybridized carbons (Fsp3) is 0.235. The minimum Gasteiger partial charge on any atom is -0.487 e. The van der Waals surface area contributed by atoms with Crippen molar-refractivity contribution in [2.45, 2.75) is 50.0 Å². The molecular weight excluding hydrogens is 552 g/mol. The third-order valence-electron chi connectivity index (χ3n) is 7.34. The maximum absolute atomic E-state index is 12.7. The zero-order valence-corrected chi connectivity index (χ0v) is 24.7. The van der Waals surface area contributed by atoms with Crippen LogP contribution in [0.4, 0.5) is 0 Å². The van der Waals surface area contributed by atoms with E-state index in [2.05, 4.69) is 46.8 Å². The second-order valence-corrected chi connectivity index (χ2v) is 12.1. The Morgan fingerprint density at radius 2 is 1.83 bits per heavy atom. The highest BCUT2D eigenvalue weighted by Crippen LogP contribution is 2.47. The third-order valence-corrected chi connectivity index (χ3v) is 8.84. The summed E-state index contributed by atoms with van der Waals surface area (Å²) in [5.41, 5.74) is 7.49. The summed E-state index contributed by atoms with van der Waals surface area (Å²) in [5, 5.41) is 2.21. The number of ether oxygens (including phenoxy) is 2. The van der Waals surface area contributed by atoms with E-state index in [0.717, 1.165) is 50.7 Å². The van der Waals surface area contributed by atoms with Crippen LogP contribution in [0.25, 0.3) is 22.0 Å². The van der Waals surface area contributed by atoms with Gasteiger partial charge >= 0.3 is 5.97 Å². The smallest absolute Gasteiger partial charge is 0.311 e. The van der Waals surface area contributed by atoms with Crippen LogP contribution in [0.2, 0.25) is 5.02 Å². The molecule has 1 aliphatic rings. The Morgan fingerprint density at radius 3 is 2.56 bits per heavy atom. The van der Waals surface area contributed by atoms with Gasteiger partial charge in [0, 0.05) is 50.1 Å². The number of halogens is 1. The minimum absolute atomic E-state index is 0.217. The summed E-state index contributed by atoms with van der Waals surface area (Å²) in [4.78, 5) is 18.5. The minimum atomic E-state index is -0.217. The zero-order chi connectivity index (χ0) is 28.3. The number of pyridine rings is 1. The van der Waals surface area contributed by atoms with E-state index < -0.39 is 0 Å². The number of hydrogen-bond donors (Lipinski definition) is 0. The molecule has 1 aliphatic heterocycles. The van der Waals surface area contributed by atoms with Gasteiger partial charge in [0.05, 0.1) is 24.2 Å². The van der Waals surface area contributed by atoms with Crippen molar-refractivity contribution in [2.75, 3.05) is 6.61 Å². The molecule has 0 saturated heterocycles. The van der Waals surface area contributed by atoms with Crippen molar-refractivity contribution in [3.63, 3.8) is 0 Å². The van der Waals surface area contributed by atoms with Crippen molar-refractivity contribution in [3.05, 3.63) is 113 Å². The second-order valence-electron chi connectivity index (χ2n) is 10.2. The summed E-state index contributed by atoms with van der Waals surface area (Å²) < 4.78 is 14.0. The van der Waals surface area contributed by atoms with Crippen molar-refractivity contribution in [1.29, 1.82) is 0 Å². The average Bonchev–Trinajstić information content (AvgIpc) is 3.26. The topological polar surface area (TPSA) is 53.4 Å². The van der Waals surface area contributed by atoms with E-state index in [9.17, 15) is 4.79 Å². The van der Waals surface area contributed by atoms with Crippen LogP contribution in [0, 0.1) is 0 Å². The molecule has 208 valence electrons. The van der Waals surface area contributed by atoms with E-state index in [1.807, 2.05) is 73.4 Å². The number of thioether (sulfide) groups is 1. The Balaban J connectivity index is 1.35. The van der Waals surface area contributed by atoms with Gasteiger partial charge in [-0.1, -0.05) is 67.1 Å². The maximum Gasteiger partial charge on any atom is 0.311 e. The molecule has 2 aromatic heterocycles. The lowest BCUT2D eigenvalue weighted by atomic mass is 10.0. The van der Waals surface area contributed by atoms with Gasteiger partial charge in [-0.2, -0.15) is 0 Å². The predicted octanol–water partition coefficient (Wildman–Crippen LogP) is 8.13. The lowest BCUT2D eigenvalue weighted by Crippen LogP contribution is -2.14. The molecule has 0 N–H and O–H groups in total. The molecule has 1 atom stereocenters. The van der Waals surface area contributed by atoms with Gasteiger partial charge in [0.2, 0.25) is 0 Å². The number of esters is 1. The first-order valence-electron chi connectivity index (χ1n) is 13.9. The predicted molar refractivity (Wildman–Crippen MR) is 166 cm³/mol. The molecule has 5 nitrogen and oxygen atoms in total. The molecule has 1 unspecified atom stereocenters. The molecule has 41 heavy (non-hydrogen) atoms. The molecule has 6 rings (SSSR count). The fourth-order valence-electron chi connectivity index (χ4n) is 5.44. The Labute approximate surface area is 249 Å². The lowest BCUT2D eigenvalue weighted by molar-refractivity contribution is -0.142. The molecule has 0 spiro atoms. The highest BCUT2D eigenvalue weighted by atomic mass is 35.5. The number of hydrogen-bond acceptors (Lipinski definition) is 5. The maximum atomic E-state index is 12.7. The van der Waals surface area contributed by atoms with Crippen LogP contribution in [0.5, 0.6) is 5.75 Å². The van der Waals surface area contributed by atoms with Crippen molar-refractivity contribution >= 4 is 40.2 Å². The third kappa shape index (κ3) is 5.85. The van der Waals surface area contributed by atoms with Crippen LogP contribution in [0.1, 0.15) is 36.4 Å². The first-order chi connectivity index (χ1) is 20.0. The summed E-state index contributed by atoms with van der Waals surface area (Å²) in [6, 6.07) is 26.4. The van der Waals surface area contributed by atoms with E-state index in [1.54, 1.807) is 0 Å². The molecule has 5 aromatic rings. The number of carbonyl (C=O) groups excluding carboxylic acids is 1. The van der Waals surface area contributed by atoms with E-state index in [0.29, 0.717) is 30.0 Å². The Bertz CT molecular complexity index is 1680. The summed E-state index contributed by atoms with van der Waals surface area (Å²) in [6.45, 7) is 5.44. The molecular formula is C34H31ClN2O3S. The Morgan fingerprint density at radius 1 is 1.02 bits per heavy atom. The number of rotatable bonds is 9. The number of benzene rings is 3. The van der Waals surface area contributed by atoms with Gasteiger partial charge in [0.25, 0.3) is 0 Å². The normalized spacial score (nSPS) is 14.3. The standard InChI is InChI=1S/C34H31ClN2O3S/c1-3-39-32(38)18-30-34-33-28(17-22(2)41-34)31(16-15-29(33)37(30)20-23-9-12-26(35)13-10-23)40-21-27-14-11-25(19-36-27)24-7-5-4-6-8-24/h4-16,19,22H,3,17-18,20-21H2,1-2H3. The highest BCUT2D eigenvalue weighted by molar-refractivity contribution is 8.00. The van der Waals surface area contributed by atoms with Crippen LogP contribution in [0.15, 0.2) is 90.0 Å². The molecule has 7 heteroatoms. The SMILES string of the molecule is CCOC(=O)Cc1c2c3c(c(OCc4ccc(-c5ccccc5)cn4)ccc3n1Cc1ccc(Cl)cc1)CC(C)S2. The molecule has 0 bridgehead atoms. The van der Waals surface area contributed by atoms with Crippen LogP contribution < -0.4 is 4.74 Å². The quantitative estimate of drug-likeness (QED) is 0.164. The van der Waals surface area contributed by atoms with Crippen LogP contribution in [-0.2, 0) is 35.5 Å². The summed E-state index contributed by atoms with van der Waals surface area (Å²) in [5.74, 6) is 0.650. The van der Waals surface area contributed by atoms with Crippen molar-refractivity contribution in [3.8, 4) is 16.9 Å². The van der Waals surface area contributed by atoms with E-state index in [1.165, 1.54) is 10.9 Å². The summed E-state index contributed by atoms with van der Waals surface area (Å²) in [6.07, 6.45) is 3.00. The van der Waals surface area contributed by atoms with E-state index in [-0.39, 0.29) is 12.4 Å². The van der Waals surface area contributed by atoms with E-state index in [4.69, 9.17) is 21.1 Å². The summed E-state index contributed by atoms with van der Waals surface area (Å²) in [7, 11) is 0. The molecule has 0 saturated carbocycles. The molecule has 0 aliphatic carbocycles. The molecule has 0 fully saturated rings. The van der Waals surface area contributed by atoms with Gasteiger partial charge in [-0.15, -0.1) is 11.8 Å². The van der Waals surface area contributed by atoms with Crippen LogP contribution in [0.3, 0.4) is 0 Å². The lowest BCUT2D eigenvalue weighted by Gasteiger charge is -2.22. The molecule has 3 aromatic carbocycles. The Hall–Kier alpha value is -3.74. The molecule has 0 amide bonds. The highest BCUT2D eigenvalue weighted by Gasteiger charge is 2.30. The van der Waals surface area contributed by atoms with Crippen molar-refractivity contribution < 1.29 is 14.3 Å². The monoisotopic (exact) mass is 582 g/mol. The fourth-order valence-corrected chi connectivity index (χ4v) is 6.88. The van der Waals surface area contributed by atoms with Crippen LogP contribution >= 0.6 is 23.4 Å². The van der Waals surface area contributed by atoms with Gasteiger partial charge in [0.15, 0.2) is 0 Å². The van der Waals surface area contributed by atoms with Crippen molar-refractivity contribution in [1.82, 2.24) is 9.55 Å². The zero-order valence-electron chi connectivity index (χ0n) is 23.1. The second kappa shape index (κ2) is 12.0. The van der Waals surface area contributed by atoms with Gasteiger partial charge in [-0.05, 0) is 54.8 Å². The number of aromatic nitrogens is 2. The molecule has 3 heterocycles. The van der Waals surface area contributed by atoms with E-state index >= 15 is 0 Å². The number of nitrogens with zero attached hydrogens (tertiary/aromatic N) is 2. The first kappa shape index (κ1) is 27.4. The van der Waals surface area contributed by atoms with Crippen LogP contribution in [-0.4, -0.2) is 27.4 Å². The number of carbonyl (C=O) groups is 1. The first-order valence-corrected chi connectivity index (χ1v) is 15.1. The molecule has 0 radical (unpaired) electrons. The summed E-state index contributed by atoms with van der Waals surface area (Å²) >= 11 is 7.98. The van der Waals surface area contributed by atoms with Gasteiger partial charge in [-0.3, -0.25) is 9.78 Å². The average molecular weight is 583 g/mol. The Kier molecular flexibility index (Phi) is 8.04.